The Hall–Kier alpha value is -1.73. The average Bonchev–Trinajstić information content (AvgIpc) is 2.31. The van der Waals surface area contributed by atoms with E-state index in [9.17, 15) is 9.18 Å². The molecular formula is C12H12ClFN2O. The fourth-order valence-corrected chi connectivity index (χ4v) is 1.38. The number of hydrogen-bond donors (Lipinski definition) is 2. The lowest BCUT2D eigenvalue weighted by Gasteiger charge is -2.15. The Labute approximate surface area is 104 Å². The molecule has 1 unspecified atom stereocenters. The molecule has 0 aliphatic heterocycles. The molecule has 1 aromatic rings. The summed E-state index contributed by atoms with van der Waals surface area (Å²) in [7, 11) is 0. The number of amides is 1. The van der Waals surface area contributed by atoms with Gasteiger partial charge in [0, 0.05) is 0 Å². The summed E-state index contributed by atoms with van der Waals surface area (Å²) in [6.45, 7) is 1.75. The zero-order chi connectivity index (χ0) is 12.8. The highest BCUT2D eigenvalue weighted by molar-refractivity contribution is 6.31. The number of hydrogen-bond acceptors (Lipinski definition) is 2. The number of benzene rings is 1. The molecule has 5 heteroatoms. The van der Waals surface area contributed by atoms with Crippen LogP contribution in [0.2, 0.25) is 5.02 Å². The lowest BCUT2D eigenvalue weighted by Crippen LogP contribution is -2.37. The van der Waals surface area contributed by atoms with Gasteiger partial charge >= 0.3 is 0 Å². The predicted octanol–water partition coefficient (Wildman–Crippen LogP) is 2.03. The maximum atomic E-state index is 13.5. The van der Waals surface area contributed by atoms with Crippen LogP contribution in [-0.4, -0.2) is 18.5 Å². The summed E-state index contributed by atoms with van der Waals surface area (Å²) in [6, 6.07) is 3.94. The first kappa shape index (κ1) is 13.3. The van der Waals surface area contributed by atoms with Gasteiger partial charge in [0.1, 0.15) is 6.04 Å². The Morgan fingerprint density at radius 3 is 3.00 bits per heavy atom. The second-order valence-electron chi connectivity index (χ2n) is 3.39. The Bertz CT molecular complexity index is 456. The van der Waals surface area contributed by atoms with E-state index in [1.807, 2.05) is 0 Å². The Morgan fingerprint density at radius 1 is 1.65 bits per heavy atom. The van der Waals surface area contributed by atoms with Gasteiger partial charge in [0.15, 0.2) is 5.82 Å². The highest BCUT2D eigenvalue weighted by Crippen LogP contribution is 2.22. The van der Waals surface area contributed by atoms with Crippen LogP contribution in [0.1, 0.15) is 6.92 Å². The van der Waals surface area contributed by atoms with Crippen molar-refractivity contribution in [2.45, 2.75) is 13.0 Å². The number of carbonyl (C=O) groups excluding carboxylic acids is 1. The van der Waals surface area contributed by atoms with E-state index in [4.69, 9.17) is 18.0 Å². The molecule has 0 saturated carbocycles. The summed E-state index contributed by atoms with van der Waals surface area (Å²) in [5, 5.41) is 5.22. The molecule has 0 aliphatic carbocycles. The van der Waals surface area contributed by atoms with Gasteiger partial charge in [-0.05, 0) is 19.1 Å². The predicted molar refractivity (Wildman–Crippen MR) is 66.3 cm³/mol. The van der Waals surface area contributed by atoms with Crippen molar-refractivity contribution in [2.75, 3.05) is 11.9 Å². The second-order valence-corrected chi connectivity index (χ2v) is 3.80. The lowest BCUT2D eigenvalue weighted by atomic mass is 10.2. The van der Waals surface area contributed by atoms with E-state index in [0.29, 0.717) is 0 Å². The number of anilines is 1. The Morgan fingerprint density at radius 2 is 2.35 bits per heavy atom. The third-order valence-corrected chi connectivity index (χ3v) is 2.37. The van der Waals surface area contributed by atoms with Crippen LogP contribution in [0.5, 0.6) is 0 Å². The Kier molecular flexibility index (Phi) is 4.80. The molecule has 1 aromatic carbocycles. The first-order chi connectivity index (χ1) is 8.06. The lowest BCUT2D eigenvalue weighted by molar-refractivity contribution is -0.121. The number of nitrogens with one attached hydrogen (secondary N) is 2. The van der Waals surface area contributed by atoms with E-state index in [2.05, 4.69) is 16.6 Å². The van der Waals surface area contributed by atoms with Crippen LogP contribution in [-0.2, 0) is 4.79 Å². The maximum absolute atomic E-state index is 13.5. The molecule has 2 N–H and O–H groups in total. The molecule has 90 valence electrons. The molecule has 0 aromatic heterocycles. The van der Waals surface area contributed by atoms with Crippen LogP contribution in [0, 0.1) is 18.2 Å². The number of rotatable bonds is 4. The van der Waals surface area contributed by atoms with Gasteiger partial charge in [-0.1, -0.05) is 23.6 Å². The molecule has 1 amide bonds. The molecule has 0 heterocycles. The third kappa shape index (κ3) is 3.65. The van der Waals surface area contributed by atoms with Crippen LogP contribution >= 0.6 is 11.6 Å². The van der Waals surface area contributed by atoms with Gasteiger partial charge in [-0.15, -0.1) is 6.42 Å². The summed E-state index contributed by atoms with van der Waals surface area (Å²) < 4.78 is 13.5. The van der Waals surface area contributed by atoms with Crippen molar-refractivity contribution < 1.29 is 9.18 Å². The minimum Gasteiger partial charge on any atom is -0.371 e. The summed E-state index contributed by atoms with van der Waals surface area (Å²) in [4.78, 5) is 11.5. The van der Waals surface area contributed by atoms with Gasteiger partial charge in [-0.25, -0.2) is 4.39 Å². The molecule has 1 rings (SSSR count). The zero-order valence-electron chi connectivity index (χ0n) is 9.26. The normalized spacial score (nSPS) is 11.4. The molecular weight excluding hydrogens is 243 g/mol. The molecule has 3 nitrogen and oxygen atoms in total. The van der Waals surface area contributed by atoms with E-state index in [-0.39, 0.29) is 23.2 Å². The van der Waals surface area contributed by atoms with Crippen molar-refractivity contribution in [3.05, 3.63) is 29.0 Å². The first-order valence-electron chi connectivity index (χ1n) is 4.98. The van der Waals surface area contributed by atoms with Gasteiger partial charge in [-0.2, -0.15) is 0 Å². The standard InChI is InChI=1S/C12H12ClFN2O/c1-3-7-15-12(17)8(2)16-10-6-4-5-9(13)11(10)14/h1,4-6,8,16H,7H2,2H3,(H,15,17). The van der Waals surface area contributed by atoms with Gasteiger partial charge in [-0.3, -0.25) is 4.79 Å². The molecule has 0 bridgehead atoms. The number of halogens is 2. The monoisotopic (exact) mass is 254 g/mol. The van der Waals surface area contributed by atoms with Crippen molar-refractivity contribution in [3.8, 4) is 12.3 Å². The number of terminal acetylenes is 1. The maximum Gasteiger partial charge on any atom is 0.242 e. The SMILES string of the molecule is C#CCNC(=O)C(C)Nc1cccc(Cl)c1F. The molecule has 1 atom stereocenters. The number of carbonyl (C=O) groups is 1. The molecule has 0 saturated heterocycles. The summed E-state index contributed by atoms with van der Waals surface area (Å²) in [5.74, 6) is 1.40. The zero-order valence-corrected chi connectivity index (χ0v) is 10.0. The smallest absolute Gasteiger partial charge is 0.242 e. The van der Waals surface area contributed by atoms with Crippen molar-refractivity contribution >= 4 is 23.2 Å². The molecule has 0 spiro atoms. The third-order valence-electron chi connectivity index (χ3n) is 2.08. The van der Waals surface area contributed by atoms with Crippen molar-refractivity contribution in [3.63, 3.8) is 0 Å². The summed E-state index contributed by atoms with van der Waals surface area (Å²) >= 11 is 5.62. The van der Waals surface area contributed by atoms with Crippen LogP contribution in [0.3, 0.4) is 0 Å². The van der Waals surface area contributed by atoms with E-state index in [0.717, 1.165) is 0 Å². The van der Waals surface area contributed by atoms with Crippen LogP contribution in [0.15, 0.2) is 18.2 Å². The molecule has 17 heavy (non-hydrogen) atoms. The van der Waals surface area contributed by atoms with Gasteiger partial charge in [0.05, 0.1) is 17.3 Å². The minimum absolute atomic E-state index is 0.00577. The van der Waals surface area contributed by atoms with Crippen molar-refractivity contribution in [1.82, 2.24) is 5.32 Å². The van der Waals surface area contributed by atoms with Gasteiger partial charge in [0.25, 0.3) is 0 Å². The molecule has 0 aliphatic rings. The van der Waals surface area contributed by atoms with Gasteiger partial charge in [0.2, 0.25) is 5.91 Å². The summed E-state index contributed by atoms with van der Waals surface area (Å²) in [5.41, 5.74) is 0.181. The minimum atomic E-state index is -0.601. The molecule has 0 radical (unpaired) electrons. The van der Waals surface area contributed by atoms with Crippen LogP contribution < -0.4 is 10.6 Å². The van der Waals surface area contributed by atoms with Gasteiger partial charge < -0.3 is 10.6 Å². The highest BCUT2D eigenvalue weighted by atomic mass is 35.5. The second kappa shape index (κ2) is 6.12. The van der Waals surface area contributed by atoms with Crippen LogP contribution in [0.25, 0.3) is 0 Å². The van der Waals surface area contributed by atoms with E-state index >= 15 is 0 Å². The molecule has 0 fully saturated rings. The van der Waals surface area contributed by atoms with Crippen molar-refractivity contribution in [1.29, 1.82) is 0 Å². The fourth-order valence-electron chi connectivity index (χ4n) is 1.21. The Balaban J connectivity index is 2.68. The summed E-state index contributed by atoms with van der Waals surface area (Å²) in [6.07, 6.45) is 5.01. The highest BCUT2D eigenvalue weighted by Gasteiger charge is 2.14. The average molecular weight is 255 g/mol. The quantitative estimate of drug-likeness (QED) is 0.808. The van der Waals surface area contributed by atoms with Crippen molar-refractivity contribution in [2.24, 2.45) is 0 Å². The first-order valence-corrected chi connectivity index (χ1v) is 5.35. The largest absolute Gasteiger partial charge is 0.371 e. The van der Waals surface area contributed by atoms with Crippen LogP contribution in [0.4, 0.5) is 10.1 Å². The van der Waals surface area contributed by atoms with E-state index < -0.39 is 11.9 Å². The fraction of sp³-hybridized carbons (Fsp3) is 0.250. The van der Waals surface area contributed by atoms with E-state index in [1.54, 1.807) is 13.0 Å². The topological polar surface area (TPSA) is 41.1 Å². The van der Waals surface area contributed by atoms with E-state index in [1.165, 1.54) is 12.1 Å².